The Morgan fingerprint density at radius 2 is 2.06 bits per heavy atom. The Bertz CT molecular complexity index is 414. The molecule has 1 heterocycles. The Morgan fingerprint density at radius 1 is 1.29 bits per heavy atom. The summed E-state index contributed by atoms with van der Waals surface area (Å²) in [6, 6.07) is 10.8. The summed E-state index contributed by atoms with van der Waals surface area (Å²) in [4.78, 5) is 13.8. The van der Waals surface area contributed by atoms with Crippen LogP contribution in [-0.4, -0.2) is 23.9 Å². The quantitative estimate of drug-likeness (QED) is 0.763. The lowest BCUT2D eigenvalue weighted by molar-refractivity contribution is -0.129. The fourth-order valence-corrected chi connectivity index (χ4v) is 3.42. The molecular formula is C15H19NO. The highest BCUT2D eigenvalue weighted by Gasteiger charge is 2.48. The summed E-state index contributed by atoms with van der Waals surface area (Å²) in [5, 5.41) is 0. The highest BCUT2D eigenvalue weighted by Crippen LogP contribution is 2.51. The zero-order valence-electron chi connectivity index (χ0n) is 10.3. The number of amides is 1. The first kappa shape index (κ1) is 10.8. The Hall–Kier alpha value is -1.31. The lowest BCUT2D eigenvalue weighted by Crippen LogP contribution is -2.33. The van der Waals surface area contributed by atoms with E-state index in [9.17, 15) is 4.79 Å². The van der Waals surface area contributed by atoms with E-state index >= 15 is 0 Å². The molecule has 0 N–H and O–H groups in total. The first-order valence-corrected chi connectivity index (χ1v) is 6.62. The van der Waals surface area contributed by atoms with Crippen molar-refractivity contribution >= 4 is 5.91 Å². The number of fused-ring (bicyclic) bond motifs is 1. The summed E-state index contributed by atoms with van der Waals surface area (Å²) in [7, 11) is 0. The molecule has 1 aliphatic heterocycles. The summed E-state index contributed by atoms with van der Waals surface area (Å²) >= 11 is 0. The van der Waals surface area contributed by atoms with E-state index in [4.69, 9.17) is 0 Å². The van der Waals surface area contributed by atoms with Crippen molar-refractivity contribution in [3.63, 3.8) is 0 Å². The van der Waals surface area contributed by atoms with Gasteiger partial charge in [-0.2, -0.15) is 0 Å². The lowest BCUT2D eigenvalue weighted by atomic mass is 9.64. The van der Waals surface area contributed by atoms with Crippen LogP contribution in [0, 0.1) is 11.8 Å². The van der Waals surface area contributed by atoms with Crippen LogP contribution in [0.15, 0.2) is 30.3 Å². The van der Waals surface area contributed by atoms with Gasteiger partial charge in [0.2, 0.25) is 5.91 Å². The van der Waals surface area contributed by atoms with Gasteiger partial charge in [-0.3, -0.25) is 4.79 Å². The molecule has 1 saturated heterocycles. The minimum Gasteiger partial charge on any atom is -0.342 e. The van der Waals surface area contributed by atoms with Crippen LogP contribution in [0.4, 0.5) is 0 Å². The molecule has 2 aliphatic rings. The van der Waals surface area contributed by atoms with Crippen LogP contribution in [0.5, 0.6) is 0 Å². The number of rotatable bonds is 2. The van der Waals surface area contributed by atoms with Gasteiger partial charge in [-0.15, -0.1) is 0 Å². The summed E-state index contributed by atoms with van der Waals surface area (Å²) in [6.07, 6.45) is 1.91. The molecule has 0 unspecified atom stereocenters. The molecule has 1 aromatic carbocycles. The molecule has 1 aromatic rings. The fraction of sp³-hybridized carbons (Fsp3) is 0.533. The minimum atomic E-state index is 0.325. The monoisotopic (exact) mass is 229 g/mol. The Morgan fingerprint density at radius 3 is 2.76 bits per heavy atom. The molecule has 1 saturated carbocycles. The highest BCUT2D eigenvalue weighted by molar-refractivity contribution is 5.76. The van der Waals surface area contributed by atoms with Gasteiger partial charge in [0, 0.05) is 19.5 Å². The summed E-state index contributed by atoms with van der Waals surface area (Å²) in [5.41, 5.74) is 1.46. The van der Waals surface area contributed by atoms with Crippen LogP contribution in [-0.2, 0) is 4.79 Å². The van der Waals surface area contributed by atoms with Crippen molar-refractivity contribution in [3.8, 4) is 0 Å². The molecule has 17 heavy (non-hydrogen) atoms. The van der Waals surface area contributed by atoms with Crippen LogP contribution in [0.2, 0.25) is 0 Å². The number of likely N-dealkylation sites (tertiary alicyclic amines) is 1. The van der Waals surface area contributed by atoms with Gasteiger partial charge in [0.25, 0.3) is 0 Å². The third-order valence-corrected chi connectivity index (χ3v) is 4.45. The van der Waals surface area contributed by atoms with E-state index < -0.39 is 0 Å². The van der Waals surface area contributed by atoms with Crippen molar-refractivity contribution in [1.82, 2.24) is 4.90 Å². The summed E-state index contributed by atoms with van der Waals surface area (Å²) in [6.45, 7) is 3.94. The zero-order chi connectivity index (χ0) is 11.8. The van der Waals surface area contributed by atoms with Crippen LogP contribution in [0.3, 0.4) is 0 Å². The van der Waals surface area contributed by atoms with Crippen LogP contribution in [0.1, 0.15) is 31.2 Å². The smallest absolute Gasteiger partial charge is 0.222 e. The van der Waals surface area contributed by atoms with Gasteiger partial charge in [-0.25, -0.2) is 0 Å². The molecule has 0 bridgehead atoms. The zero-order valence-corrected chi connectivity index (χ0v) is 10.3. The van der Waals surface area contributed by atoms with Crippen molar-refractivity contribution in [3.05, 3.63) is 35.9 Å². The molecule has 90 valence electrons. The van der Waals surface area contributed by atoms with Crippen molar-refractivity contribution < 1.29 is 4.79 Å². The van der Waals surface area contributed by atoms with Gasteiger partial charge in [0.15, 0.2) is 0 Å². The predicted molar refractivity (Wildman–Crippen MR) is 67.7 cm³/mol. The van der Waals surface area contributed by atoms with Crippen LogP contribution >= 0.6 is 0 Å². The molecule has 0 spiro atoms. The van der Waals surface area contributed by atoms with Crippen LogP contribution in [0.25, 0.3) is 0 Å². The number of hydrogen-bond donors (Lipinski definition) is 0. The first-order valence-electron chi connectivity index (χ1n) is 6.62. The van der Waals surface area contributed by atoms with E-state index in [2.05, 4.69) is 35.2 Å². The maximum absolute atomic E-state index is 11.7. The molecule has 1 aliphatic carbocycles. The van der Waals surface area contributed by atoms with E-state index in [0.29, 0.717) is 24.2 Å². The number of carbonyl (C=O) groups excluding carboxylic acids is 1. The molecule has 2 fully saturated rings. The van der Waals surface area contributed by atoms with Crippen molar-refractivity contribution in [1.29, 1.82) is 0 Å². The van der Waals surface area contributed by atoms with Crippen molar-refractivity contribution in [2.24, 2.45) is 11.8 Å². The van der Waals surface area contributed by atoms with E-state index in [-0.39, 0.29) is 0 Å². The Balaban J connectivity index is 1.69. The number of nitrogens with zero attached hydrogens (tertiary/aromatic N) is 1. The molecular weight excluding hydrogens is 210 g/mol. The van der Waals surface area contributed by atoms with Crippen LogP contribution < -0.4 is 0 Å². The highest BCUT2D eigenvalue weighted by atomic mass is 16.2. The molecule has 3 atom stereocenters. The van der Waals surface area contributed by atoms with Crippen molar-refractivity contribution in [2.45, 2.75) is 25.7 Å². The second-order valence-corrected chi connectivity index (χ2v) is 5.33. The molecule has 2 heteroatoms. The second kappa shape index (κ2) is 4.17. The van der Waals surface area contributed by atoms with Gasteiger partial charge < -0.3 is 4.90 Å². The maximum Gasteiger partial charge on any atom is 0.222 e. The number of carbonyl (C=O) groups is 1. The molecule has 2 nitrogen and oxygen atoms in total. The topological polar surface area (TPSA) is 20.3 Å². The van der Waals surface area contributed by atoms with E-state index in [0.717, 1.165) is 19.0 Å². The minimum absolute atomic E-state index is 0.325. The number of hydrogen-bond acceptors (Lipinski definition) is 1. The standard InChI is InChI=1S/C15H19NO/c1-2-15(17)16-9-12-8-13(14(12)10-16)11-6-4-3-5-7-11/h3-7,12-14H,2,8-10H2,1H3/t12-,13-,14+/m0/s1. The van der Waals surface area contributed by atoms with E-state index in [1.807, 2.05) is 6.92 Å². The fourth-order valence-electron chi connectivity index (χ4n) is 3.42. The normalized spacial score (nSPS) is 30.9. The number of benzene rings is 1. The molecule has 0 radical (unpaired) electrons. The Kier molecular flexibility index (Phi) is 2.65. The summed E-state index contributed by atoms with van der Waals surface area (Å²) in [5.74, 6) is 2.49. The molecule has 0 aromatic heterocycles. The first-order chi connectivity index (χ1) is 8.29. The van der Waals surface area contributed by atoms with Gasteiger partial charge in [0.1, 0.15) is 0 Å². The second-order valence-electron chi connectivity index (χ2n) is 5.33. The lowest BCUT2D eigenvalue weighted by Gasteiger charge is -2.39. The maximum atomic E-state index is 11.7. The predicted octanol–water partition coefficient (Wildman–Crippen LogP) is 2.66. The SMILES string of the molecule is CCC(=O)N1C[C@@H]2C[C@@H](c3ccccc3)[C@@H]2C1. The van der Waals surface area contributed by atoms with E-state index in [1.54, 1.807) is 0 Å². The third kappa shape index (κ3) is 1.76. The average molecular weight is 229 g/mol. The van der Waals surface area contributed by atoms with E-state index in [1.165, 1.54) is 12.0 Å². The van der Waals surface area contributed by atoms with Gasteiger partial charge in [-0.1, -0.05) is 37.3 Å². The molecule has 1 amide bonds. The van der Waals surface area contributed by atoms with Gasteiger partial charge >= 0.3 is 0 Å². The average Bonchev–Trinajstić information content (AvgIpc) is 2.68. The van der Waals surface area contributed by atoms with Gasteiger partial charge in [0.05, 0.1) is 0 Å². The largest absolute Gasteiger partial charge is 0.342 e. The Labute approximate surface area is 103 Å². The summed E-state index contributed by atoms with van der Waals surface area (Å²) < 4.78 is 0. The van der Waals surface area contributed by atoms with Gasteiger partial charge in [-0.05, 0) is 29.7 Å². The van der Waals surface area contributed by atoms with Crippen molar-refractivity contribution in [2.75, 3.05) is 13.1 Å². The third-order valence-electron chi connectivity index (χ3n) is 4.45. The molecule has 3 rings (SSSR count).